The summed E-state index contributed by atoms with van der Waals surface area (Å²) in [7, 11) is 1.34. The minimum absolute atomic E-state index is 0.0522. The van der Waals surface area contributed by atoms with Gasteiger partial charge in [-0.15, -0.1) is 0 Å². The second kappa shape index (κ2) is 6.41. The summed E-state index contributed by atoms with van der Waals surface area (Å²) in [4.78, 5) is 24.8. The van der Waals surface area contributed by atoms with Gasteiger partial charge in [-0.3, -0.25) is 9.59 Å². The topological polar surface area (TPSA) is 51.5 Å². The van der Waals surface area contributed by atoms with Gasteiger partial charge in [-0.2, -0.15) is 0 Å². The molecule has 5 nitrogen and oxygen atoms in total. The number of aromatic nitrogens is 1. The second-order valence-electron chi connectivity index (χ2n) is 4.82. The van der Waals surface area contributed by atoms with Crippen molar-refractivity contribution in [3.63, 3.8) is 0 Å². The number of piperidine rings is 1. The average molecular weight is 264 g/mol. The molecule has 0 aliphatic carbocycles. The number of likely N-dealkylation sites (tertiary alicyclic amines) is 1. The summed E-state index contributed by atoms with van der Waals surface area (Å²) in [6.45, 7) is 1.53. The number of methoxy groups -OCH3 is 1. The van der Waals surface area contributed by atoms with Crippen LogP contribution in [0.2, 0.25) is 0 Å². The molecule has 19 heavy (non-hydrogen) atoms. The van der Waals surface area contributed by atoms with Crippen LogP contribution in [0.1, 0.15) is 31.7 Å². The highest BCUT2D eigenvalue weighted by atomic mass is 16.5. The molecule has 1 aliphatic rings. The standard InChI is InChI=1S/C14H20N2O3/c1-19-14(18)5-4-13(17)16-10-6-12(7-11-16)15-8-2-3-9-15/h2-3,8-9,12H,4-7,10-11H2,1H3. The zero-order chi connectivity index (χ0) is 13.7. The predicted molar refractivity (Wildman–Crippen MR) is 70.5 cm³/mol. The van der Waals surface area contributed by atoms with Crippen LogP contribution in [0.4, 0.5) is 0 Å². The van der Waals surface area contributed by atoms with Gasteiger partial charge in [0, 0.05) is 37.9 Å². The summed E-state index contributed by atoms with van der Waals surface area (Å²) in [5, 5.41) is 0. The Kier molecular flexibility index (Phi) is 4.60. The Morgan fingerprint density at radius 1 is 1.16 bits per heavy atom. The quantitative estimate of drug-likeness (QED) is 0.776. The third kappa shape index (κ3) is 3.59. The lowest BCUT2D eigenvalue weighted by molar-refractivity contribution is -0.143. The Morgan fingerprint density at radius 2 is 1.79 bits per heavy atom. The molecule has 0 spiro atoms. The highest BCUT2D eigenvalue weighted by Gasteiger charge is 2.23. The third-order valence-electron chi connectivity index (χ3n) is 3.64. The highest BCUT2D eigenvalue weighted by molar-refractivity contribution is 5.81. The van der Waals surface area contributed by atoms with Crippen molar-refractivity contribution in [1.29, 1.82) is 0 Å². The van der Waals surface area contributed by atoms with E-state index in [1.165, 1.54) is 7.11 Å². The lowest BCUT2D eigenvalue weighted by atomic mass is 10.0. The highest BCUT2D eigenvalue weighted by Crippen LogP contribution is 2.22. The molecule has 2 rings (SSSR count). The van der Waals surface area contributed by atoms with Crippen LogP contribution in [0.3, 0.4) is 0 Å². The fraction of sp³-hybridized carbons (Fsp3) is 0.571. The number of carbonyl (C=O) groups excluding carboxylic acids is 2. The van der Waals surface area contributed by atoms with Crippen molar-refractivity contribution in [3.05, 3.63) is 24.5 Å². The minimum Gasteiger partial charge on any atom is -0.469 e. The Hall–Kier alpha value is -1.78. The van der Waals surface area contributed by atoms with Gasteiger partial charge in [0.15, 0.2) is 0 Å². The van der Waals surface area contributed by atoms with E-state index in [2.05, 4.69) is 21.7 Å². The number of nitrogens with zero attached hydrogens (tertiary/aromatic N) is 2. The first-order chi connectivity index (χ1) is 9.20. The maximum absolute atomic E-state index is 11.9. The van der Waals surface area contributed by atoms with Crippen molar-refractivity contribution in [2.75, 3.05) is 20.2 Å². The van der Waals surface area contributed by atoms with E-state index in [1.807, 2.05) is 17.0 Å². The number of esters is 1. The SMILES string of the molecule is COC(=O)CCC(=O)N1CCC(n2cccc2)CC1. The Bertz CT molecular complexity index is 420. The van der Waals surface area contributed by atoms with Crippen molar-refractivity contribution < 1.29 is 14.3 Å². The molecule has 0 saturated carbocycles. The van der Waals surface area contributed by atoms with E-state index in [0.29, 0.717) is 6.04 Å². The molecule has 0 bridgehead atoms. The van der Waals surface area contributed by atoms with Gasteiger partial charge in [-0.25, -0.2) is 0 Å². The maximum atomic E-state index is 11.9. The smallest absolute Gasteiger partial charge is 0.306 e. The van der Waals surface area contributed by atoms with E-state index in [4.69, 9.17) is 0 Å². The minimum atomic E-state index is -0.324. The van der Waals surface area contributed by atoms with Gasteiger partial charge in [0.1, 0.15) is 0 Å². The van der Waals surface area contributed by atoms with Crippen molar-refractivity contribution in [1.82, 2.24) is 9.47 Å². The van der Waals surface area contributed by atoms with Gasteiger partial charge in [0.05, 0.1) is 13.5 Å². The van der Waals surface area contributed by atoms with Crippen molar-refractivity contribution in [3.8, 4) is 0 Å². The van der Waals surface area contributed by atoms with Gasteiger partial charge >= 0.3 is 5.97 Å². The predicted octanol–water partition coefficient (Wildman–Crippen LogP) is 1.60. The molecule has 104 valence electrons. The summed E-state index contributed by atoms with van der Waals surface area (Å²) in [5.74, 6) is -0.271. The molecule has 0 aromatic carbocycles. The number of ether oxygens (including phenoxy) is 1. The zero-order valence-corrected chi connectivity index (χ0v) is 11.2. The lowest BCUT2D eigenvalue weighted by Gasteiger charge is -2.32. The lowest BCUT2D eigenvalue weighted by Crippen LogP contribution is -2.39. The van der Waals surface area contributed by atoms with Gasteiger partial charge in [-0.1, -0.05) is 0 Å². The van der Waals surface area contributed by atoms with Crippen LogP contribution in [-0.4, -0.2) is 41.5 Å². The summed E-state index contributed by atoms with van der Waals surface area (Å²) in [6, 6.07) is 4.53. The van der Waals surface area contributed by atoms with Crippen LogP contribution in [0.5, 0.6) is 0 Å². The molecule has 1 aromatic rings. The molecular weight excluding hydrogens is 244 g/mol. The average Bonchev–Trinajstić information content (AvgIpc) is 2.98. The van der Waals surface area contributed by atoms with E-state index >= 15 is 0 Å². The summed E-state index contributed by atoms with van der Waals surface area (Å²) < 4.78 is 6.75. The zero-order valence-electron chi connectivity index (χ0n) is 11.2. The summed E-state index contributed by atoms with van der Waals surface area (Å²) in [6.07, 6.45) is 6.50. The first-order valence-corrected chi connectivity index (χ1v) is 6.67. The molecular formula is C14H20N2O3. The molecule has 0 unspecified atom stereocenters. The molecule has 2 heterocycles. The maximum Gasteiger partial charge on any atom is 0.306 e. The van der Waals surface area contributed by atoms with Crippen LogP contribution >= 0.6 is 0 Å². The third-order valence-corrected chi connectivity index (χ3v) is 3.64. The van der Waals surface area contributed by atoms with E-state index < -0.39 is 0 Å². The Labute approximate surface area is 113 Å². The van der Waals surface area contributed by atoms with Crippen LogP contribution in [0.15, 0.2) is 24.5 Å². The fourth-order valence-corrected chi connectivity index (χ4v) is 2.47. The first-order valence-electron chi connectivity index (χ1n) is 6.67. The van der Waals surface area contributed by atoms with E-state index in [9.17, 15) is 9.59 Å². The largest absolute Gasteiger partial charge is 0.469 e. The van der Waals surface area contributed by atoms with E-state index in [1.54, 1.807) is 0 Å². The molecule has 1 amide bonds. The van der Waals surface area contributed by atoms with Gasteiger partial charge < -0.3 is 14.2 Å². The van der Waals surface area contributed by atoms with Gasteiger partial charge in [-0.05, 0) is 25.0 Å². The normalized spacial score (nSPS) is 16.4. The molecule has 1 aromatic heterocycles. The number of rotatable bonds is 4. The Balaban J connectivity index is 1.76. The van der Waals surface area contributed by atoms with Gasteiger partial charge in [0.25, 0.3) is 0 Å². The number of hydrogen-bond donors (Lipinski definition) is 0. The Morgan fingerprint density at radius 3 is 2.37 bits per heavy atom. The number of hydrogen-bond acceptors (Lipinski definition) is 3. The monoisotopic (exact) mass is 264 g/mol. The molecule has 0 N–H and O–H groups in total. The summed E-state index contributed by atoms with van der Waals surface area (Å²) >= 11 is 0. The van der Waals surface area contributed by atoms with E-state index in [0.717, 1.165) is 25.9 Å². The second-order valence-corrected chi connectivity index (χ2v) is 4.82. The fourth-order valence-electron chi connectivity index (χ4n) is 2.47. The molecule has 1 saturated heterocycles. The molecule has 1 aliphatic heterocycles. The van der Waals surface area contributed by atoms with E-state index in [-0.39, 0.29) is 24.7 Å². The van der Waals surface area contributed by atoms with Crippen molar-refractivity contribution >= 4 is 11.9 Å². The van der Waals surface area contributed by atoms with Crippen LogP contribution in [-0.2, 0) is 14.3 Å². The number of amides is 1. The van der Waals surface area contributed by atoms with Crippen molar-refractivity contribution in [2.45, 2.75) is 31.7 Å². The first kappa shape index (κ1) is 13.6. The van der Waals surface area contributed by atoms with Crippen LogP contribution in [0, 0.1) is 0 Å². The molecule has 5 heteroatoms. The molecule has 0 radical (unpaired) electrons. The molecule has 0 atom stereocenters. The summed E-state index contributed by atoms with van der Waals surface area (Å²) in [5.41, 5.74) is 0. The van der Waals surface area contributed by atoms with Crippen LogP contribution < -0.4 is 0 Å². The number of carbonyl (C=O) groups is 2. The van der Waals surface area contributed by atoms with Crippen LogP contribution in [0.25, 0.3) is 0 Å². The molecule has 1 fully saturated rings. The van der Waals surface area contributed by atoms with Crippen molar-refractivity contribution in [2.24, 2.45) is 0 Å². The van der Waals surface area contributed by atoms with Gasteiger partial charge in [0.2, 0.25) is 5.91 Å².